The molecule has 0 aliphatic heterocycles. The lowest BCUT2D eigenvalue weighted by Gasteiger charge is -2.04. The molecule has 0 heterocycles. The molecular formula is C23H20O2. The standard InChI is InChI=1S/C15H14O2.C8H6/c1-11(16)12-3-5-13(6-4-12)14-7-9-15(17-2)10-8-14;1-3-5-7-8-6-4-2/h3-10H,1-2H3;1-2H3. The average Bonchev–Trinajstić information content (AvgIpc) is 2.66. The molecule has 0 fully saturated rings. The van der Waals surface area contributed by atoms with Crippen molar-refractivity contribution in [1.29, 1.82) is 0 Å². The van der Waals surface area contributed by atoms with Crippen LogP contribution in [-0.2, 0) is 0 Å². The van der Waals surface area contributed by atoms with Crippen molar-refractivity contribution in [3.05, 3.63) is 54.1 Å². The molecule has 0 saturated heterocycles. The molecule has 2 aromatic rings. The van der Waals surface area contributed by atoms with Gasteiger partial charge in [-0.05, 0) is 67.7 Å². The van der Waals surface area contributed by atoms with Crippen LogP contribution >= 0.6 is 0 Å². The molecule has 0 N–H and O–H groups in total. The van der Waals surface area contributed by atoms with Crippen LogP contribution in [0.2, 0.25) is 0 Å². The minimum absolute atomic E-state index is 0.0891. The molecule has 0 amide bonds. The highest BCUT2D eigenvalue weighted by Gasteiger charge is 2.01. The highest BCUT2D eigenvalue weighted by Crippen LogP contribution is 2.22. The Morgan fingerprint density at radius 3 is 1.56 bits per heavy atom. The van der Waals surface area contributed by atoms with Crippen LogP contribution in [0.4, 0.5) is 0 Å². The summed E-state index contributed by atoms with van der Waals surface area (Å²) in [5.41, 5.74) is 2.95. The Labute approximate surface area is 150 Å². The number of rotatable bonds is 3. The molecule has 0 spiro atoms. The zero-order valence-corrected chi connectivity index (χ0v) is 14.9. The lowest BCUT2D eigenvalue weighted by Crippen LogP contribution is -1.90. The first-order valence-corrected chi connectivity index (χ1v) is 7.71. The molecule has 0 aliphatic rings. The number of carbonyl (C=O) groups excluding carboxylic acids is 1. The van der Waals surface area contributed by atoms with Gasteiger partial charge in [-0.1, -0.05) is 48.2 Å². The second kappa shape index (κ2) is 11.2. The van der Waals surface area contributed by atoms with E-state index in [1.807, 2.05) is 48.5 Å². The van der Waals surface area contributed by atoms with Crippen molar-refractivity contribution in [3.63, 3.8) is 0 Å². The highest BCUT2D eigenvalue weighted by atomic mass is 16.5. The van der Waals surface area contributed by atoms with Crippen molar-refractivity contribution in [2.75, 3.05) is 7.11 Å². The maximum absolute atomic E-state index is 11.2. The molecule has 2 nitrogen and oxygen atoms in total. The molecule has 25 heavy (non-hydrogen) atoms. The first-order valence-electron chi connectivity index (χ1n) is 7.71. The van der Waals surface area contributed by atoms with E-state index in [0.717, 1.165) is 22.4 Å². The first-order chi connectivity index (χ1) is 12.1. The summed E-state index contributed by atoms with van der Waals surface area (Å²) < 4.78 is 5.11. The van der Waals surface area contributed by atoms with Crippen LogP contribution in [0.25, 0.3) is 11.1 Å². The van der Waals surface area contributed by atoms with Gasteiger partial charge >= 0.3 is 0 Å². The van der Waals surface area contributed by atoms with Crippen molar-refractivity contribution in [2.24, 2.45) is 0 Å². The van der Waals surface area contributed by atoms with Gasteiger partial charge in [0.05, 0.1) is 7.11 Å². The van der Waals surface area contributed by atoms with Crippen molar-refractivity contribution < 1.29 is 9.53 Å². The maximum atomic E-state index is 11.2. The molecular weight excluding hydrogens is 308 g/mol. The van der Waals surface area contributed by atoms with Crippen LogP contribution in [0.15, 0.2) is 48.5 Å². The normalized spacial score (nSPS) is 8.00. The summed E-state index contributed by atoms with van der Waals surface area (Å²) in [6.07, 6.45) is 0. The SMILES string of the molecule is CC#CC#CC#CC.COc1ccc(-c2ccc(C(C)=O)cc2)cc1. The van der Waals surface area contributed by atoms with Gasteiger partial charge in [0.1, 0.15) is 5.75 Å². The Hall–Kier alpha value is -3.41. The molecule has 2 heteroatoms. The van der Waals surface area contributed by atoms with Crippen LogP contribution in [0, 0.1) is 35.5 Å². The molecule has 0 bridgehead atoms. The Kier molecular flexibility index (Phi) is 8.78. The lowest BCUT2D eigenvalue weighted by molar-refractivity contribution is 0.101. The third-order valence-electron chi connectivity index (χ3n) is 3.15. The summed E-state index contributed by atoms with van der Waals surface area (Å²) in [4.78, 5) is 11.2. The van der Waals surface area contributed by atoms with Gasteiger partial charge in [0.15, 0.2) is 5.78 Å². The van der Waals surface area contributed by atoms with Gasteiger partial charge < -0.3 is 4.74 Å². The highest BCUT2D eigenvalue weighted by molar-refractivity contribution is 5.94. The number of Topliss-reactive ketones (excluding diaryl/α,β-unsaturated/α-hetero) is 1. The number of hydrogen-bond acceptors (Lipinski definition) is 2. The largest absolute Gasteiger partial charge is 0.497 e. The summed E-state index contributed by atoms with van der Waals surface area (Å²) in [6.45, 7) is 5.06. The van der Waals surface area contributed by atoms with Gasteiger partial charge in [-0.2, -0.15) is 0 Å². The van der Waals surface area contributed by atoms with E-state index in [1.165, 1.54) is 0 Å². The second-order valence-corrected chi connectivity index (χ2v) is 4.86. The van der Waals surface area contributed by atoms with Gasteiger partial charge in [-0.25, -0.2) is 0 Å². The van der Waals surface area contributed by atoms with E-state index in [4.69, 9.17) is 4.74 Å². The summed E-state index contributed by atoms with van der Waals surface area (Å²) in [5, 5.41) is 0. The fourth-order valence-corrected chi connectivity index (χ4v) is 1.87. The Balaban J connectivity index is 0.000000333. The van der Waals surface area contributed by atoms with Crippen LogP contribution in [0.1, 0.15) is 31.1 Å². The van der Waals surface area contributed by atoms with Gasteiger partial charge in [0.2, 0.25) is 0 Å². The zero-order chi connectivity index (χ0) is 18.5. The number of ether oxygens (including phenoxy) is 1. The third-order valence-corrected chi connectivity index (χ3v) is 3.15. The van der Waals surface area contributed by atoms with Crippen molar-refractivity contribution in [3.8, 4) is 52.4 Å². The fourth-order valence-electron chi connectivity index (χ4n) is 1.87. The maximum Gasteiger partial charge on any atom is 0.159 e. The number of benzene rings is 2. The Morgan fingerprint density at radius 2 is 1.20 bits per heavy atom. The predicted molar refractivity (Wildman–Crippen MR) is 103 cm³/mol. The summed E-state index contributed by atoms with van der Waals surface area (Å²) >= 11 is 0. The van der Waals surface area contributed by atoms with Crippen LogP contribution < -0.4 is 4.74 Å². The second-order valence-electron chi connectivity index (χ2n) is 4.86. The molecule has 124 valence electrons. The van der Waals surface area contributed by atoms with E-state index in [0.29, 0.717) is 0 Å². The predicted octanol–water partition coefficient (Wildman–Crippen LogP) is 4.60. The number of hydrogen-bond donors (Lipinski definition) is 0. The van der Waals surface area contributed by atoms with Crippen molar-refractivity contribution >= 4 is 5.78 Å². The molecule has 0 aromatic heterocycles. The minimum Gasteiger partial charge on any atom is -0.497 e. The summed E-state index contributed by atoms with van der Waals surface area (Å²) in [6, 6.07) is 15.5. The molecule has 0 saturated carbocycles. The van der Waals surface area contributed by atoms with E-state index in [2.05, 4.69) is 35.5 Å². The number of ketones is 1. The van der Waals surface area contributed by atoms with E-state index >= 15 is 0 Å². The Morgan fingerprint density at radius 1 is 0.760 bits per heavy atom. The molecule has 0 atom stereocenters. The van der Waals surface area contributed by atoms with E-state index in [-0.39, 0.29) is 5.78 Å². The van der Waals surface area contributed by atoms with E-state index < -0.39 is 0 Å². The van der Waals surface area contributed by atoms with Gasteiger partial charge in [-0.15, -0.1) is 0 Å². The number of methoxy groups -OCH3 is 1. The lowest BCUT2D eigenvalue weighted by atomic mass is 10.0. The van der Waals surface area contributed by atoms with Gasteiger partial charge in [0.25, 0.3) is 0 Å². The van der Waals surface area contributed by atoms with Gasteiger partial charge in [0, 0.05) is 5.56 Å². The molecule has 2 rings (SSSR count). The van der Waals surface area contributed by atoms with Gasteiger partial charge in [-0.3, -0.25) is 4.79 Å². The quantitative estimate of drug-likeness (QED) is 0.608. The van der Waals surface area contributed by atoms with Crippen molar-refractivity contribution in [1.82, 2.24) is 0 Å². The summed E-state index contributed by atoms with van der Waals surface area (Å²) in [5.74, 6) is 16.4. The first kappa shape index (κ1) is 19.6. The zero-order valence-electron chi connectivity index (χ0n) is 14.9. The average molecular weight is 328 g/mol. The molecule has 2 aromatic carbocycles. The van der Waals surface area contributed by atoms with Crippen LogP contribution in [0.3, 0.4) is 0 Å². The van der Waals surface area contributed by atoms with Crippen LogP contribution in [-0.4, -0.2) is 12.9 Å². The van der Waals surface area contributed by atoms with Crippen molar-refractivity contribution in [2.45, 2.75) is 20.8 Å². The fraction of sp³-hybridized carbons (Fsp3) is 0.174. The molecule has 0 aliphatic carbocycles. The van der Waals surface area contributed by atoms with E-state index in [1.54, 1.807) is 27.9 Å². The third kappa shape index (κ3) is 7.13. The molecule has 0 radical (unpaired) electrons. The Bertz CT molecular complexity index is 845. The number of carbonyl (C=O) groups is 1. The van der Waals surface area contributed by atoms with Crippen LogP contribution in [0.5, 0.6) is 5.75 Å². The molecule has 0 unspecified atom stereocenters. The summed E-state index contributed by atoms with van der Waals surface area (Å²) in [7, 11) is 1.65. The minimum atomic E-state index is 0.0891. The monoisotopic (exact) mass is 328 g/mol. The smallest absolute Gasteiger partial charge is 0.159 e. The van der Waals surface area contributed by atoms with E-state index in [9.17, 15) is 4.79 Å². The topological polar surface area (TPSA) is 26.3 Å².